The molecule has 164 valence electrons. The quantitative estimate of drug-likeness (QED) is 0.234. The van der Waals surface area contributed by atoms with E-state index in [1.54, 1.807) is 53.4 Å². The average molecular weight is 462 g/mol. The maximum absolute atomic E-state index is 13.5. The van der Waals surface area contributed by atoms with Crippen LogP contribution in [0.5, 0.6) is 11.5 Å². The fourth-order valence-corrected chi connectivity index (χ4v) is 4.09. The van der Waals surface area contributed by atoms with Crippen LogP contribution in [0.3, 0.4) is 0 Å². The van der Waals surface area contributed by atoms with Gasteiger partial charge in [0.2, 0.25) is 11.6 Å². The second-order valence-electron chi connectivity index (χ2n) is 6.94. The van der Waals surface area contributed by atoms with Gasteiger partial charge in [-0.05, 0) is 54.1 Å². The highest BCUT2D eigenvalue weighted by molar-refractivity contribution is 7.07. The number of hydrogen-bond acceptors (Lipinski definition) is 7. The Morgan fingerprint density at radius 1 is 1.06 bits per heavy atom. The third-order valence-corrected chi connectivity index (χ3v) is 5.65. The minimum Gasteiger partial charge on any atom is -0.454 e. The maximum atomic E-state index is 13.5. The van der Waals surface area contributed by atoms with Crippen LogP contribution >= 0.6 is 11.3 Å². The first-order chi connectivity index (χ1) is 16.1. The van der Waals surface area contributed by atoms with Crippen molar-refractivity contribution in [1.29, 1.82) is 0 Å². The number of nitro benzene ring substituents is 1. The van der Waals surface area contributed by atoms with Gasteiger partial charge >= 0.3 is 0 Å². The van der Waals surface area contributed by atoms with Crippen molar-refractivity contribution in [2.24, 2.45) is 10.1 Å². The largest absolute Gasteiger partial charge is 0.454 e. The molecule has 8 nitrogen and oxygen atoms in total. The minimum atomic E-state index is -0.479. The number of ether oxygens (including phenoxy) is 2. The van der Waals surface area contributed by atoms with Crippen molar-refractivity contribution in [3.63, 3.8) is 0 Å². The second kappa shape index (κ2) is 8.67. The molecule has 0 radical (unpaired) electrons. The summed E-state index contributed by atoms with van der Waals surface area (Å²) in [4.78, 5) is 15.9. The van der Waals surface area contributed by atoms with E-state index in [0.29, 0.717) is 22.0 Å². The van der Waals surface area contributed by atoms with Gasteiger partial charge in [0.1, 0.15) is 11.5 Å². The molecule has 0 amide bonds. The summed E-state index contributed by atoms with van der Waals surface area (Å²) in [5.41, 5.74) is 2.25. The molecule has 1 aliphatic heterocycles. The molecule has 1 aliphatic rings. The lowest BCUT2D eigenvalue weighted by molar-refractivity contribution is -0.384. The summed E-state index contributed by atoms with van der Waals surface area (Å²) < 4.78 is 25.8. The highest BCUT2D eigenvalue weighted by Crippen LogP contribution is 2.32. The van der Waals surface area contributed by atoms with Crippen molar-refractivity contribution in [1.82, 2.24) is 4.68 Å². The number of aromatic nitrogens is 1. The lowest BCUT2D eigenvalue weighted by Crippen LogP contribution is -2.11. The summed E-state index contributed by atoms with van der Waals surface area (Å²) in [5.74, 6) is 0.932. The third-order valence-electron chi connectivity index (χ3n) is 4.84. The summed E-state index contributed by atoms with van der Waals surface area (Å²) in [5, 5.41) is 17.8. The Bertz CT molecular complexity index is 1440. The molecule has 0 fully saturated rings. The average Bonchev–Trinajstić information content (AvgIpc) is 3.45. The zero-order valence-corrected chi connectivity index (χ0v) is 17.7. The Labute approximate surface area is 190 Å². The molecule has 3 aromatic carbocycles. The van der Waals surface area contributed by atoms with Gasteiger partial charge in [-0.2, -0.15) is 5.10 Å². The second-order valence-corrected chi connectivity index (χ2v) is 7.77. The van der Waals surface area contributed by atoms with Crippen molar-refractivity contribution in [2.75, 3.05) is 6.79 Å². The smallest absolute Gasteiger partial charge is 0.294 e. The number of nitrogens with zero attached hydrogens (tertiary/aromatic N) is 4. The van der Waals surface area contributed by atoms with Crippen molar-refractivity contribution in [2.45, 2.75) is 0 Å². The highest BCUT2D eigenvalue weighted by atomic mass is 32.1. The van der Waals surface area contributed by atoms with E-state index in [9.17, 15) is 14.5 Å². The molecule has 0 saturated heterocycles. The Hall–Kier alpha value is -4.31. The lowest BCUT2D eigenvalue weighted by Gasteiger charge is -2.04. The van der Waals surface area contributed by atoms with Gasteiger partial charge in [-0.25, -0.2) is 14.1 Å². The first-order valence-corrected chi connectivity index (χ1v) is 10.6. The van der Waals surface area contributed by atoms with Gasteiger partial charge in [-0.15, -0.1) is 11.3 Å². The molecule has 0 atom stereocenters. The van der Waals surface area contributed by atoms with Crippen LogP contribution in [0, 0.1) is 15.9 Å². The minimum absolute atomic E-state index is 0.111. The molecular formula is C23H15FN4O4S. The van der Waals surface area contributed by atoms with Gasteiger partial charge in [0, 0.05) is 17.0 Å². The number of benzene rings is 3. The number of hydrogen-bond donors (Lipinski definition) is 0. The van der Waals surface area contributed by atoms with Gasteiger partial charge in [-0.1, -0.05) is 12.1 Å². The fraction of sp³-hybridized carbons (Fsp3) is 0.0435. The van der Waals surface area contributed by atoms with Crippen LogP contribution in [0.4, 0.5) is 15.8 Å². The van der Waals surface area contributed by atoms with Crippen LogP contribution < -0.4 is 14.3 Å². The van der Waals surface area contributed by atoms with Crippen molar-refractivity contribution in [3.8, 4) is 22.8 Å². The van der Waals surface area contributed by atoms with Crippen LogP contribution in [0.25, 0.3) is 11.3 Å². The van der Waals surface area contributed by atoms with Gasteiger partial charge in [-0.3, -0.25) is 10.1 Å². The zero-order chi connectivity index (χ0) is 22.8. The predicted octanol–water partition coefficient (Wildman–Crippen LogP) is 5.11. The molecule has 0 unspecified atom stereocenters. The number of rotatable bonds is 5. The van der Waals surface area contributed by atoms with E-state index in [1.165, 1.54) is 29.5 Å². The van der Waals surface area contributed by atoms with Crippen molar-refractivity contribution in [3.05, 3.63) is 98.4 Å². The summed E-state index contributed by atoms with van der Waals surface area (Å²) in [6.45, 7) is 0.169. The first-order valence-electron chi connectivity index (χ1n) is 9.77. The fourth-order valence-electron chi connectivity index (χ4n) is 3.24. The summed E-state index contributed by atoms with van der Waals surface area (Å²) in [6.07, 6.45) is 1.63. The number of halogens is 1. The zero-order valence-electron chi connectivity index (χ0n) is 16.9. The maximum Gasteiger partial charge on any atom is 0.294 e. The summed E-state index contributed by atoms with van der Waals surface area (Å²) in [7, 11) is 0. The molecule has 1 aromatic heterocycles. The number of nitro groups is 1. The molecule has 0 bridgehead atoms. The standard InChI is InChI=1S/C23H15FN4O4S/c24-17-8-6-16(7-9-17)20-13-33-23(26-18-3-1-2-4-19(18)28(29)30)27(20)25-12-15-5-10-21-22(11-15)32-14-31-21/h1-13H,14H2. The topological polar surface area (TPSA) is 91.2 Å². The summed E-state index contributed by atoms with van der Waals surface area (Å²) in [6, 6.07) is 17.7. The monoisotopic (exact) mass is 462 g/mol. The molecule has 2 heterocycles. The summed E-state index contributed by atoms with van der Waals surface area (Å²) >= 11 is 1.27. The molecule has 33 heavy (non-hydrogen) atoms. The van der Waals surface area contributed by atoms with E-state index in [2.05, 4.69) is 10.1 Å². The van der Waals surface area contributed by atoms with Crippen LogP contribution in [-0.2, 0) is 0 Å². The van der Waals surface area contributed by atoms with Crippen LogP contribution in [0.1, 0.15) is 5.56 Å². The normalized spacial score (nSPS) is 13.1. The van der Waals surface area contributed by atoms with Crippen molar-refractivity contribution >= 4 is 28.9 Å². The molecule has 0 aliphatic carbocycles. The number of para-hydroxylation sites is 2. The van der Waals surface area contributed by atoms with Crippen LogP contribution in [0.2, 0.25) is 0 Å². The van der Waals surface area contributed by atoms with E-state index < -0.39 is 4.92 Å². The Morgan fingerprint density at radius 2 is 1.85 bits per heavy atom. The molecule has 5 rings (SSSR count). The van der Waals surface area contributed by atoms with Crippen molar-refractivity contribution < 1.29 is 18.8 Å². The van der Waals surface area contributed by atoms with E-state index in [1.807, 2.05) is 11.4 Å². The van der Waals surface area contributed by atoms with E-state index in [-0.39, 0.29) is 24.0 Å². The van der Waals surface area contributed by atoms with Crippen LogP contribution in [0.15, 0.2) is 82.2 Å². The molecule has 4 aromatic rings. The van der Waals surface area contributed by atoms with Gasteiger partial charge in [0.05, 0.1) is 16.8 Å². The van der Waals surface area contributed by atoms with Gasteiger partial charge in [0.15, 0.2) is 11.5 Å². The third kappa shape index (κ3) is 4.23. The van der Waals surface area contributed by atoms with Crippen LogP contribution in [-0.4, -0.2) is 22.6 Å². The SMILES string of the molecule is O=[N+]([O-])c1ccccc1N=c1scc(-c2ccc(F)cc2)n1N=Cc1ccc2c(c1)OCO2. The highest BCUT2D eigenvalue weighted by Gasteiger charge is 2.15. The molecule has 10 heteroatoms. The molecular weight excluding hydrogens is 447 g/mol. The molecule has 0 spiro atoms. The van der Waals surface area contributed by atoms with E-state index in [4.69, 9.17) is 9.47 Å². The Kier molecular flexibility index (Phi) is 5.41. The molecule has 0 saturated carbocycles. The first kappa shape index (κ1) is 20.6. The number of thiazole rings is 1. The Morgan fingerprint density at radius 3 is 2.67 bits per heavy atom. The lowest BCUT2D eigenvalue weighted by atomic mass is 10.2. The number of fused-ring (bicyclic) bond motifs is 1. The Balaban J connectivity index is 1.63. The predicted molar refractivity (Wildman–Crippen MR) is 122 cm³/mol. The van der Waals surface area contributed by atoms with E-state index in [0.717, 1.165) is 11.1 Å². The van der Waals surface area contributed by atoms with E-state index >= 15 is 0 Å². The van der Waals surface area contributed by atoms with Gasteiger partial charge in [0.25, 0.3) is 5.69 Å². The van der Waals surface area contributed by atoms with Gasteiger partial charge < -0.3 is 9.47 Å². The molecule has 0 N–H and O–H groups in total.